The second-order valence-electron chi connectivity index (χ2n) is 7.23. The molecule has 2 aromatic carbocycles. The van der Waals surface area contributed by atoms with Gasteiger partial charge in [-0.3, -0.25) is 0 Å². The van der Waals surface area contributed by atoms with Crippen LogP contribution in [-0.4, -0.2) is 24.1 Å². The van der Waals surface area contributed by atoms with Gasteiger partial charge in [0.1, 0.15) is 0 Å². The molecule has 0 saturated carbocycles. The summed E-state index contributed by atoms with van der Waals surface area (Å²) in [6, 6.07) is 13.8. The van der Waals surface area contributed by atoms with E-state index in [0.29, 0.717) is 6.04 Å². The van der Waals surface area contributed by atoms with Crippen molar-refractivity contribution in [3.63, 3.8) is 0 Å². The molecule has 0 atom stereocenters. The Bertz CT molecular complexity index is 898. The van der Waals surface area contributed by atoms with Gasteiger partial charge in [0.05, 0.1) is 5.56 Å². The number of anilines is 1. The summed E-state index contributed by atoms with van der Waals surface area (Å²) in [5.41, 5.74) is 2.25. The summed E-state index contributed by atoms with van der Waals surface area (Å²) in [5, 5.41) is 6.73. The summed E-state index contributed by atoms with van der Waals surface area (Å²) in [5.74, 6) is 0. The van der Waals surface area contributed by atoms with Crippen LogP contribution in [0.4, 0.5) is 18.3 Å². The van der Waals surface area contributed by atoms with E-state index in [1.54, 1.807) is 11.3 Å². The van der Waals surface area contributed by atoms with E-state index < -0.39 is 11.7 Å². The first kappa shape index (κ1) is 19.9. The number of rotatable bonds is 5. The highest BCUT2D eigenvalue weighted by Gasteiger charge is 2.30. The van der Waals surface area contributed by atoms with Crippen LogP contribution >= 0.6 is 11.3 Å². The van der Waals surface area contributed by atoms with E-state index in [0.717, 1.165) is 60.9 Å². The van der Waals surface area contributed by atoms with Crippen molar-refractivity contribution in [2.24, 2.45) is 0 Å². The first-order chi connectivity index (χ1) is 14.0. The maximum atomic E-state index is 12.7. The lowest BCUT2D eigenvalue weighted by atomic mass is 10.0. The molecule has 1 aromatic heterocycles. The number of alkyl halides is 3. The summed E-state index contributed by atoms with van der Waals surface area (Å²) in [6.07, 6.45) is -0.282. The molecule has 1 aliphatic rings. The lowest BCUT2D eigenvalue weighted by molar-refractivity contribution is -0.137. The number of hydrogen-bond donors (Lipinski definition) is 1. The summed E-state index contributed by atoms with van der Waals surface area (Å²) in [6.45, 7) is 2.81. The zero-order chi connectivity index (χ0) is 20.3. The number of piperidine rings is 1. The fourth-order valence-electron chi connectivity index (χ4n) is 3.58. The second-order valence-corrected chi connectivity index (χ2v) is 8.10. The standard InChI is InChI=1S/C22H22F3N3S/c23-22(24,25)19-7-5-18(6-8-19)17-3-1-16(2-4-17)15-27-20-9-12-28(13-10-20)21-26-11-14-29-21/h1-8,11,14,20,27H,9-10,12-13,15H2. The van der Waals surface area contributed by atoms with Crippen LogP contribution in [0.1, 0.15) is 24.0 Å². The van der Waals surface area contributed by atoms with Gasteiger partial charge in [0.15, 0.2) is 5.13 Å². The largest absolute Gasteiger partial charge is 0.416 e. The Morgan fingerprint density at radius 1 is 0.966 bits per heavy atom. The van der Waals surface area contributed by atoms with Gasteiger partial charge in [0.25, 0.3) is 0 Å². The van der Waals surface area contributed by atoms with Gasteiger partial charge in [-0.25, -0.2) is 4.98 Å². The van der Waals surface area contributed by atoms with Gasteiger partial charge in [-0.1, -0.05) is 36.4 Å². The van der Waals surface area contributed by atoms with Crippen molar-refractivity contribution in [1.82, 2.24) is 10.3 Å². The number of thiazole rings is 1. The molecule has 152 valence electrons. The average molecular weight is 418 g/mol. The Kier molecular flexibility index (Phi) is 5.87. The Labute approximate surface area is 172 Å². The van der Waals surface area contributed by atoms with Crippen molar-refractivity contribution in [1.29, 1.82) is 0 Å². The average Bonchev–Trinajstić information content (AvgIpc) is 3.27. The predicted octanol–water partition coefficient (Wildman–Crippen LogP) is 5.59. The van der Waals surface area contributed by atoms with E-state index >= 15 is 0 Å². The van der Waals surface area contributed by atoms with Crippen molar-refractivity contribution >= 4 is 16.5 Å². The van der Waals surface area contributed by atoms with Crippen molar-refractivity contribution < 1.29 is 13.2 Å². The molecule has 3 nitrogen and oxygen atoms in total. The van der Waals surface area contributed by atoms with E-state index in [2.05, 4.69) is 15.2 Å². The van der Waals surface area contributed by atoms with Gasteiger partial charge in [-0.05, 0) is 41.7 Å². The highest BCUT2D eigenvalue weighted by Crippen LogP contribution is 2.31. The van der Waals surface area contributed by atoms with Gasteiger partial charge in [-0.2, -0.15) is 13.2 Å². The molecule has 1 aliphatic heterocycles. The summed E-state index contributed by atoms with van der Waals surface area (Å²) < 4.78 is 38.1. The molecular weight excluding hydrogens is 395 g/mol. The van der Waals surface area contributed by atoms with Crippen LogP contribution in [0, 0.1) is 0 Å². The van der Waals surface area contributed by atoms with Crippen LogP contribution in [0.15, 0.2) is 60.1 Å². The fraction of sp³-hybridized carbons (Fsp3) is 0.318. The molecular formula is C22H22F3N3S. The van der Waals surface area contributed by atoms with Crippen molar-refractivity contribution in [2.75, 3.05) is 18.0 Å². The predicted molar refractivity (Wildman–Crippen MR) is 111 cm³/mol. The topological polar surface area (TPSA) is 28.2 Å². The zero-order valence-corrected chi connectivity index (χ0v) is 16.6. The number of hydrogen-bond acceptors (Lipinski definition) is 4. The first-order valence-electron chi connectivity index (χ1n) is 9.63. The highest BCUT2D eigenvalue weighted by molar-refractivity contribution is 7.13. The summed E-state index contributed by atoms with van der Waals surface area (Å²) in [4.78, 5) is 6.71. The number of benzene rings is 2. The van der Waals surface area contributed by atoms with Crippen molar-refractivity contribution in [3.8, 4) is 11.1 Å². The minimum atomic E-state index is -4.30. The number of nitrogens with zero attached hydrogens (tertiary/aromatic N) is 2. The molecule has 0 radical (unpaired) electrons. The molecule has 3 aromatic rings. The van der Waals surface area contributed by atoms with Crippen LogP contribution in [0.3, 0.4) is 0 Å². The van der Waals surface area contributed by atoms with Gasteiger partial charge in [0.2, 0.25) is 0 Å². The Balaban J connectivity index is 1.29. The molecule has 0 amide bonds. The fourth-order valence-corrected chi connectivity index (χ4v) is 4.27. The maximum Gasteiger partial charge on any atom is 0.416 e. The molecule has 7 heteroatoms. The normalized spacial score (nSPS) is 15.6. The molecule has 29 heavy (non-hydrogen) atoms. The third kappa shape index (κ3) is 4.97. The van der Waals surface area contributed by atoms with E-state index in [-0.39, 0.29) is 0 Å². The van der Waals surface area contributed by atoms with E-state index in [1.807, 2.05) is 35.8 Å². The molecule has 4 rings (SSSR count). The van der Waals surface area contributed by atoms with Crippen LogP contribution in [-0.2, 0) is 12.7 Å². The number of halogens is 3. The second kappa shape index (κ2) is 8.55. The van der Waals surface area contributed by atoms with Crippen LogP contribution in [0.25, 0.3) is 11.1 Å². The molecule has 0 aliphatic carbocycles. The molecule has 0 unspecified atom stereocenters. The number of nitrogens with one attached hydrogen (secondary N) is 1. The first-order valence-corrected chi connectivity index (χ1v) is 10.5. The molecule has 0 spiro atoms. The Hall–Kier alpha value is -2.38. The quantitative estimate of drug-likeness (QED) is 0.587. The molecule has 1 fully saturated rings. The molecule has 1 N–H and O–H groups in total. The summed E-state index contributed by atoms with van der Waals surface area (Å²) >= 11 is 1.68. The van der Waals surface area contributed by atoms with Crippen LogP contribution in [0.5, 0.6) is 0 Å². The SMILES string of the molecule is FC(F)(F)c1ccc(-c2ccc(CNC3CCN(c4nccs4)CC3)cc2)cc1. The third-order valence-corrected chi connectivity index (χ3v) is 6.11. The maximum absolute atomic E-state index is 12.7. The van der Waals surface area contributed by atoms with E-state index in [4.69, 9.17) is 0 Å². The highest BCUT2D eigenvalue weighted by atomic mass is 32.1. The van der Waals surface area contributed by atoms with Gasteiger partial charge in [-0.15, -0.1) is 11.3 Å². The Morgan fingerprint density at radius 2 is 1.59 bits per heavy atom. The van der Waals surface area contributed by atoms with Crippen molar-refractivity contribution in [2.45, 2.75) is 31.6 Å². The van der Waals surface area contributed by atoms with Gasteiger partial charge < -0.3 is 10.2 Å². The van der Waals surface area contributed by atoms with Crippen LogP contribution < -0.4 is 10.2 Å². The van der Waals surface area contributed by atoms with Crippen molar-refractivity contribution in [3.05, 3.63) is 71.2 Å². The van der Waals surface area contributed by atoms with E-state index in [1.165, 1.54) is 17.7 Å². The van der Waals surface area contributed by atoms with Gasteiger partial charge in [0, 0.05) is 37.3 Å². The van der Waals surface area contributed by atoms with E-state index in [9.17, 15) is 13.2 Å². The smallest absolute Gasteiger partial charge is 0.348 e. The number of aromatic nitrogens is 1. The monoisotopic (exact) mass is 417 g/mol. The zero-order valence-electron chi connectivity index (χ0n) is 15.8. The lowest BCUT2D eigenvalue weighted by Gasteiger charge is -2.32. The minimum absolute atomic E-state index is 0.487. The minimum Gasteiger partial charge on any atom is -0.348 e. The van der Waals surface area contributed by atoms with Crippen LogP contribution in [0.2, 0.25) is 0 Å². The lowest BCUT2D eigenvalue weighted by Crippen LogP contribution is -2.42. The molecule has 1 saturated heterocycles. The molecule has 0 bridgehead atoms. The molecule has 2 heterocycles. The Morgan fingerprint density at radius 3 is 2.14 bits per heavy atom. The summed E-state index contributed by atoms with van der Waals surface area (Å²) in [7, 11) is 0. The van der Waals surface area contributed by atoms with Gasteiger partial charge >= 0.3 is 6.18 Å². The third-order valence-electron chi connectivity index (χ3n) is 5.28.